The second-order valence-corrected chi connectivity index (χ2v) is 3.53. The second-order valence-electron chi connectivity index (χ2n) is 3.53. The van der Waals surface area contributed by atoms with Crippen molar-refractivity contribution in [3.05, 3.63) is 51.9 Å². The van der Waals surface area contributed by atoms with Gasteiger partial charge in [-0.25, -0.2) is 4.98 Å². The van der Waals surface area contributed by atoms with E-state index in [-0.39, 0.29) is 17.1 Å². The first-order valence-corrected chi connectivity index (χ1v) is 5.31. The summed E-state index contributed by atoms with van der Waals surface area (Å²) < 4.78 is 0. The number of H-pyrrole nitrogens is 1. The van der Waals surface area contributed by atoms with Crippen LogP contribution in [0.25, 0.3) is 0 Å². The number of ketones is 1. The molecule has 0 bridgehead atoms. The minimum atomic E-state index is -0.586. The Bertz CT molecular complexity index is 592. The molecule has 0 unspecified atom stereocenters. The summed E-state index contributed by atoms with van der Waals surface area (Å²) >= 11 is 0. The first kappa shape index (κ1) is 11.9. The van der Waals surface area contributed by atoms with Crippen LogP contribution < -0.4 is 0 Å². The molecule has 0 fully saturated rings. The van der Waals surface area contributed by atoms with Crippen molar-refractivity contribution >= 4 is 11.5 Å². The molecule has 0 spiro atoms. The molecule has 2 aromatic heterocycles. The Balaban J connectivity index is 2.61. The molecular weight excluding hydrogens is 236 g/mol. The molecule has 0 saturated carbocycles. The molecule has 0 aliphatic heterocycles. The van der Waals surface area contributed by atoms with Crippen molar-refractivity contribution in [2.75, 3.05) is 0 Å². The standard InChI is InChI=1S/C11H10N4O3/c1-2-7-9(8(15(17)18)3-4-12-7)10(16)11-13-5-6-14-11/h3-6H,2H2,1H3,(H,13,14). The van der Waals surface area contributed by atoms with Gasteiger partial charge in [-0.3, -0.25) is 19.9 Å². The molecule has 0 aliphatic carbocycles. The predicted molar refractivity (Wildman–Crippen MR) is 62.3 cm³/mol. The molecule has 2 heterocycles. The first-order chi connectivity index (χ1) is 8.65. The quantitative estimate of drug-likeness (QED) is 0.500. The van der Waals surface area contributed by atoms with Gasteiger partial charge in [-0.2, -0.15) is 0 Å². The highest BCUT2D eigenvalue weighted by atomic mass is 16.6. The lowest BCUT2D eigenvalue weighted by Gasteiger charge is -2.04. The minimum absolute atomic E-state index is 0.0000463. The monoisotopic (exact) mass is 246 g/mol. The molecule has 0 radical (unpaired) electrons. The van der Waals surface area contributed by atoms with E-state index in [1.807, 2.05) is 0 Å². The van der Waals surface area contributed by atoms with Crippen LogP contribution in [0, 0.1) is 10.1 Å². The Hall–Kier alpha value is -2.57. The van der Waals surface area contributed by atoms with Crippen LogP contribution in [0.5, 0.6) is 0 Å². The highest BCUT2D eigenvalue weighted by molar-refractivity contribution is 6.09. The zero-order valence-corrected chi connectivity index (χ0v) is 9.58. The maximum absolute atomic E-state index is 12.2. The van der Waals surface area contributed by atoms with Crippen LogP contribution in [-0.4, -0.2) is 25.7 Å². The van der Waals surface area contributed by atoms with Crippen LogP contribution in [0.4, 0.5) is 5.69 Å². The van der Waals surface area contributed by atoms with E-state index in [1.54, 1.807) is 6.92 Å². The van der Waals surface area contributed by atoms with E-state index >= 15 is 0 Å². The Labute approximate surface area is 102 Å². The molecule has 0 atom stereocenters. The van der Waals surface area contributed by atoms with Gasteiger partial charge in [-0.1, -0.05) is 6.92 Å². The number of rotatable bonds is 4. The van der Waals surface area contributed by atoms with Crippen molar-refractivity contribution in [1.82, 2.24) is 15.0 Å². The molecule has 2 aromatic rings. The molecular formula is C11H10N4O3. The van der Waals surface area contributed by atoms with Gasteiger partial charge in [-0.05, 0) is 6.42 Å². The van der Waals surface area contributed by atoms with Gasteiger partial charge in [0, 0.05) is 24.7 Å². The highest BCUT2D eigenvalue weighted by Crippen LogP contribution is 2.23. The van der Waals surface area contributed by atoms with E-state index in [1.165, 1.54) is 24.7 Å². The van der Waals surface area contributed by atoms with E-state index in [0.29, 0.717) is 12.1 Å². The number of nitrogens with one attached hydrogen (secondary N) is 1. The zero-order valence-electron chi connectivity index (χ0n) is 9.58. The van der Waals surface area contributed by atoms with Crippen molar-refractivity contribution in [3.8, 4) is 0 Å². The topological polar surface area (TPSA) is 102 Å². The molecule has 18 heavy (non-hydrogen) atoms. The van der Waals surface area contributed by atoms with Gasteiger partial charge in [0.05, 0.1) is 10.6 Å². The SMILES string of the molecule is CCc1nccc([N+](=O)[O-])c1C(=O)c1ncc[nH]1. The fraction of sp³-hybridized carbons (Fsp3) is 0.182. The summed E-state index contributed by atoms with van der Waals surface area (Å²) in [7, 11) is 0. The highest BCUT2D eigenvalue weighted by Gasteiger charge is 2.26. The fourth-order valence-corrected chi connectivity index (χ4v) is 1.67. The van der Waals surface area contributed by atoms with Gasteiger partial charge in [0.25, 0.3) is 5.69 Å². The number of nitro groups is 1. The average molecular weight is 246 g/mol. The molecule has 0 aliphatic rings. The average Bonchev–Trinajstić information content (AvgIpc) is 2.90. The van der Waals surface area contributed by atoms with Crippen molar-refractivity contribution < 1.29 is 9.72 Å². The van der Waals surface area contributed by atoms with Crippen LogP contribution >= 0.6 is 0 Å². The number of aryl methyl sites for hydroxylation is 1. The van der Waals surface area contributed by atoms with Crippen molar-refractivity contribution in [2.45, 2.75) is 13.3 Å². The number of aromatic nitrogens is 3. The summed E-state index contributed by atoms with van der Waals surface area (Å²) in [6, 6.07) is 1.22. The van der Waals surface area contributed by atoms with Gasteiger partial charge in [0.15, 0.2) is 5.82 Å². The van der Waals surface area contributed by atoms with Crippen molar-refractivity contribution in [3.63, 3.8) is 0 Å². The molecule has 7 nitrogen and oxygen atoms in total. The maximum atomic E-state index is 12.2. The van der Waals surface area contributed by atoms with Crippen LogP contribution in [0.3, 0.4) is 0 Å². The summed E-state index contributed by atoms with van der Waals surface area (Å²) in [5, 5.41) is 11.0. The van der Waals surface area contributed by atoms with Gasteiger partial charge in [0.2, 0.25) is 5.78 Å². The summed E-state index contributed by atoms with van der Waals surface area (Å²) in [5.41, 5.74) is 0.147. The fourth-order valence-electron chi connectivity index (χ4n) is 1.67. The van der Waals surface area contributed by atoms with Crippen LogP contribution in [0.1, 0.15) is 28.8 Å². The van der Waals surface area contributed by atoms with Gasteiger partial charge in [0.1, 0.15) is 5.56 Å². The number of hydrogen-bond acceptors (Lipinski definition) is 5. The largest absolute Gasteiger partial charge is 0.342 e. The number of hydrogen-bond donors (Lipinski definition) is 1. The smallest absolute Gasteiger partial charge is 0.284 e. The number of imidazole rings is 1. The lowest BCUT2D eigenvalue weighted by molar-refractivity contribution is -0.385. The van der Waals surface area contributed by atoms with E-state index in [9.17, 15) is 14.9 Å². The number of carbonyl (C=O) groups is 1. The molecule has 1 N–H and O–H groups in total. The van der Waals surface area contributed by atoms with Crippen LogP contribution in [-0.2, 0) is 6.42 Å². The number of nitrogens with zero attached hydrogens (tertiary/aromatic N) is 3. The zero-order chi connectivity index (χ0) is 13.1. The van der Waals surface area contributed by atoms with E-state index in [2.05, 4.69) is 15.0 Å². The number of carbonyl (C=O) groups excluding carboxylic acids is 1. The molecule has 7 heteroatoms. The van der Waals surface area contributed by atoms with E-state index in [4.69, 9.17) is 0 Å². The third kappa shape index (κ3) is 1.97. The predicted octanol–water partition coefficient (Wildman–Crippen LogP) is 1.51. The third-order valence-corrected chi connectivity index (χ3v) is 2.48. The summed E-state index contributed by atoms with van der Waals surface area (Å²) in [5.74, 6) is -0.447. The second kappa shape index (κ2) is 4.74. The van der Waals surface area contributed by atoms with Gasteiger partial charge < -0.3 is 4.98 Å². The molecule has 0 aromatic carbocycles. The Kier molecular flexibility index (Phi) is 3.13. The normalized spacial score (nSPS) is 10.3. The number of pyridine rings is 1. The molecule has 0 saturated heterocycles. The third-order valence-electron chi connectivity index (χ3n) is 2.48. The summed E-state index contributed by atoms with van der Waals surface area (Å²) in [6.45, 7) is 1.78. The van der Waals surface area contributed by atoms with E-state index < -0.39 is 10.7 Å². The minimum Gasteiger partial charge on any atom is -0.342 e. The summed E-state index contributed by atoms with van der Waals surface area (Å²) in [4.78, 5) is 33.0. The molecule has 92 valence electrons. The molecule has 2 rings (SSSR count). The Morgan fingerprint density at radius 1 is 1.44 bits per heavy atom. The number of aromatic amines is 1. The van der Waals surface area contributed by atoms with Crippen LogP contribution in [0.15, 0.2) is 24.7 Å². The maximum Gasteiger partial charge on any atom is 0.284 e. The van der Waals surface area contributed by atoms with Crippen LogP contribution in [0.2, 0.25) is 0 Å². The van der Waals surface area contributed by atoms with Crippen molar-refractivity contribution in [1.29, 1.82) is 0 Å². The summed E-state index contributed by atoms with van der Waals surface area (Å²) in [6.07, 6.45) is 4.67. The Morgan fingerprint density at radius 2 is 2.22 bits per heavy atom. The lowest BCUT2D eigenvalue weighted by atomic mass is 10.0. The first-order valence-electron chi connectivity index (χ1n) is 5.31. The van der Waals surface area contributed by atoms with Gasteiger partial charge in [-0.15, -0.1) is 0 Å². The lowest BCUT2D eigenvalue weighted by Crippen LogP contribution is -2.11. The molecule has 0 amide bonds. The van der Waals surface area contributed by atoms with Crippen molar-refractivity contribution in [2.24, 2.45) is 0 Å². The van der Waals surface area contributed by atoms with E-state index in [0.717, 1.165) is 0 Å². The van der Waals surface area contributed by atoms with Gasteiger partial charge >= 0.3 is 0 Å². The Morgan fingerprint density at radius 3 is 2.78 bits per heavy atom.